The minimum Gasteiger partial charge on any atom is -0.366 e. The van der Waals surface area contributed by atoms with Crippen molar-refractivity contribution in [1.82, 2.24) is 9.97 Å². The Morgan fingerprint density at radius 1 is 1.25 bits per heavy atom. The third-order valence-electron chi connectivity index (χ3n) is 4.30. The van der Waals surface area contributed by atoms with Gasteiger partial charge < -0.3 is 10.6 Å². The van der Waals surface area contributed by atoms with Gasteiger partial charge in [0, 0.05) is 12.1 Å². The summed E-state index contributed by atoms with van der Waals surface area (Å²) in [5.74, 6) is -0.234. The predicted molar refractivity (Wildman–Crippen MR) is 81.2 cm³/mol. The summed E-state index contributed by atoms with van der Waals surface area (Å²) in [7, 11) is 0. The van der Waals surface area contributed by atoms with Gasteiger partial charge in [0.05, 0.1) is 17.9 Å². The zero-order valence-corrected chi connectivity index (χ0v) is 13.1. The summed E-state index contributed by atoms with van der Waals surface area (Å²) in [4.78, 5) is 20.8. The Bertz CT molecular complexity index is 800. The Balaban J connectivity index is 2.02. The Morgan fingerprint density at radius 3 is 2.50 bits per heavy atom. The number of amides is 1. The Hall–Kier alpha value is -2.64. The molecule has 0 saturated carbocycles. The molecule has 0 fully saturated rings. The number of halogens is 3. The molecule has 1 aromatic carbocycles. The van der Waals surface area contributed by atoms with Crippen molar-refractivity contribution in [3.05, 3.63) is 53.0 Å². The molecule has 1 aliphatic rings. The lowest BCUT2D eigenvalue weighted by Crippen LogP contribution is -2.36. The highest BCUT2D eigenvalue weighted by molar-refractivity contribution is 5.95. The average molecular weight is 336 g/mol. The van der Waals surface area contributed by atoms with Crippen molar-refractivity contribution >= 4 is 11.7 Å². The first kappa shape index (κ1) is 16.2. The molecule has 126 valence electrons. The molecular formula is C16H15F3N4O. The van der Waals surface area contributed by atoms with E-state index < -0.39 is 23.3 Å². The van der Waals surface area contributed by atoms with Crippen LogP contribution in [0.5, 0.6) is 0 Å². The van der Waals surface area contributed by atoms with Gasteiger partial charge in [-0.2, -0.15) is 13.2 Å². The number of hydrogen-bond acceptors (Lipinski definition) is 4. The number of aromatic nitrogens is 2. The van der Waals surface area contributed by atoms with Crippen LogP contribution in [0.3, 0.4) is 0 Å². The molecule has 0 spiro atoms. The van der Waals surface area contributed by atoms with Crippen molar-refractivity contribution in [1.29, 1.82) is 0 Å². The lowest BCUT2D eigenvalue weighted by molar-refractivity contribution is -0.141. The first-order chi connectivity index (χ1) is 11.1. The van der Waals surface area contributed by atoms with E-state index in [-0.39, 0.29) is 0 Å². The van der Waals surface area contributed by atoms with E-state index in [9.17, 15) is 18.0 Å². The van der Waals surface area contributed by atoms with Crippen molar-refractivity contribution in [2.75, 3.05) is 4.90 Å². The second-order valence-electron chi connectivity index (χ2n) is 6.10. The van der Waals surface area contributed by atoms with Gasteiger partial charge in [-0.15, -0.1) is 0 Å². The van der Waals surface area contributed by atoms with E-state index in [1.165, 1.54) is 0 Å². The van der Waals surface area contributed by atoms with Gasteiger partial charge in [0.2, 0.25) is 5.91 Å². The molecule has 0 bridgehead atoms. The maximum atomic E-state index is 12.6. The molecule has 8 heteroatoms. The molecule has 0 unspecified atom stereocenters. The Kier molecular flexibility index (Phi) is 3.51. The van der Waals surface area contributed by atoms with Crippen LogP contribution in [0.2, 0.25) is 0 Å². The minimum absolute atomic E-state index is 0.305. The summed E-state index contributed by atoms with van der Waals surface area (Å²) in [6.45, 7) is 4.13. The van der Waals surface area contributed by atoms with Crippen LogP contribution < -0.4 is 10.6 Å². The molecule has 2 N–H and O–H groups in total. The molecule has 2 heterocycles. The highest BCUT2D eigenvalue weighted by Gasteiger charge is 2.40. The van der Waals surface area contributed by atoms with Crippen LogP contribution in [0, 0.1) is 0 Å². The van der Waals surface area contributed by atoms with E-state index in [0.717, 1.165) is 17.3 Å². The number of alkyl halides is 3. The fourth-order valence-corrected chi connectivity index (χ4v) is 3.04. The molecule has 3 rings (SSSR count). The number of anilines is 1. The van der Waals surface area contributed by atoms with E-state index in [1.54, 1.807) is 17.0 Å². The fourth-order valence-electron chi connectivity index (χ4n) is 3.04. The molecule has 0 atom stereocenters. The standard InChI is InChI=1S/C16H15F3N4O/c1-15(2)11-5-3-4-9(14(20)24)10(11)8-23(15)13-7-21-12(6-22-13)16(17,18)19/h3-7H,8H2,1-2H3,(H2,20,24). The Morgan fingerprint density at radius 2 is 1.96 bits per heavy atom. The van der Waals surface area contributed by atoms with Gasteiger partial charge in [0.25, 0.3) is 0 Å². The molecule has 1 aromatic heterocycles. The average Bonchev–Trinajstić information content (AvgIpc) is 2.78. The van der Waals surface area contributed by atoms with Gasteiger partial charge in [-0.25, -0.2) is 9.97 Å². The van der Waals surface area contributed by atoms with Crippen LogP contribution in [0.15, 0.2) is 30.6 Å². The monoisotopic (exact) mass is 336 g/mol. The molecule has 1 aliphatic heterocycles. The van der Waals surface area contributed by atoms with Crippen LogP contribution >= 0.6 is 0 Å². The van der Waals surface area contributed by atoms with E-state index in [1.807, 2.05) is 19.9 Å². The number of nitrogens with two attached hydrogens (primary N) is 1. The van der Waals surface area contributed by atoms with Crippen LogP contribution in [-0.2, 0) is 18.3 Å². The highest BCUT2D eigenvalue weighted by Crippen LogP contribution is 2.42. The van der Waals surface area contributed by atoms with Gasteiger partial charge in [0.1, 0.15) is 5.82 Å². The molecule has 24 heavy (non-hydrogen) atoms. The van der Waals surface area contributed by atoms with Crippen LogP contribution in [0.25, 0.3) is 0 Å². The molecule has 5 nitrogen and oxygen atoms in total. The second-order valence-corrected chi connectivity index (χ2v) is 6.10. The fraction of sp³-hybridized carbons (Fsp3) is 0.312. The number of rotatable bonds is 2. The molecule has 1 amide bonds. The summed E-state index contributed by atoms with van der Waals surface area (Å²) < 4.78 is 37.9. The number of fused-ring (bicyclic) bond motifs is 1. The molecular weight excluding hydrogens is 321 g/mol. The van der Waals surface area contributed by atoms with Gasteiger partial charge >= 0.3 is 6.18 Å². The number of carbonyl (C=O) groups excluding carboxylic acids is 1. The third kappa shape index (κ3) is 2.47. The van der Waals surface area contributed by atoms with E-state index >= 15 is 0 Å². The number of benzene rings is 1. The SMILES string of the molecule is CC1(C)c2cccc(C(N)=O)c2CN1c1cnc(C(F)(F)F)cn1. The normalized spacial score (nSPS) is 16.1. The van der Waals surface area contributed by atoms with Crippen LogP contribution in [-0.4, -0.2) is 15.9 Å². The van der Waals surface area contributed by atoms with E-state index in [0.29, 0.717) is 24.1 Å². The van der Waals surface area contributed by atoms with Crippen molar-refractivity contribution in [3.8, 4) is 0 Å². The topological polar surface area (TPSA) is 72.1 Å². The molecule has 0 saturated heterocycles. The summed E-state index contributed by atoms with van der Waals surface area (Å²) >= 11 is 0. The minimum atomic E-state index is -4.53. The lowest BCUT2D eigenvalue weighted by atomic mass is 9.91. The van der Waals surface area contributed by atoms with Crippen molar-refractivity contribution < 1.29 is 18.0 Å². The molecule has 0 radical (unpaired) electrons. The number of primary amides is 1. The Labute approximate surface area is 136 Å². The van der Waals surface area contributed by atoms with Gasteiger partial charge in [0.15, 0.2) is 5.69 Å². The third-order valence-corrected chi connectivity index (χ3v) is 4.30. The predicted octanol–water partition coefficient (Wildman–Crippen LogP) is 2.85. The number of hydrogen-bond donors (Lipinski definition) is 1. The maximum absolute atomic E-state index is 12.6. The highest BCUT2D eigenvalue weighted by atomic mass is 19.4. The summed E-state index contributed by atoms with van der Waals surface area (Å²) in [6.07, 6.45) is -2.72. The van der Waals surface area contributed by atoms with Crippen molar-refractivity contribution in [2.24, 2.45) is 5.73 Å². The van der Waals surface area contributed by atoms with Gasteiger partial charge in [-0.3, -0.25) is 4.79 Å². The second kappa shape index (κ2) is 5.19. The van der Waals surface area contributed by atoms with E-state index in [2.05, 4.69) is 9.97 Å². The van der Waals surface area contributed by atoms with Crippen molar-refractivity contribution in [2.45, 2.75) is 32.1 Å². The summed E-state index contributed by atoms with van der Waals surface area (Å²) in [5, 5.41) is 0. The quantitative estimate of drug-likeness (QED) is 0.915. The first-order valence-electron chi connectivity index (χ1n) is 7.21. The number of carbonyl (C=O) groups is 1. The van der Waals surface area contributed by atoms with Gasteiger partial charge in [-0.1, -0.05) is 12.1 Å². The molecule has 2 aromatic rings. The zero-order valence-electron chi connectivity index (χ0n) is 13.1. The van der Waals surface area contributed by atoms with Crippen LogP contribution in [0.4, 0.5) is 19.0 Å². The lowest BCUT2D eigenvalue weighted by Gasteiger charge is -2.33. The van der Waals surface area contributed by atoms with Gasteiger partial charge in [-0.05, 0) is 31.0 Å². The summed E-state index contributed by atoms with van der Waals surface area (Å²) in [5.41, 5.74) is 5.87. The smallest absolute Gasteiger partial charge is 0.366 e. The first-order valence-corrected chi connectivity index (χ1v) is 7.21. The molecule has 0 aliphatic carbocycles. The number of nitrogens with zero attached hydrogens (tertiary/aromatic N) is 3. The summed E-state index contributed by atoms with van der Waals surface area (Å²) in [6, 6.07) is 5.25. The van der Waals surface area contributed by atoms with E-state index in [4.69, 9.17) is 5.73 Å². The van der Waals surface area contributed by atoms with Crippen LogP contribution in [0.1, 0.15) is 41.0 Å². The van der Waals surface area contributed by atoms with Crippen molar-refractivity contribution in [3.63, 3.8) is 0 Å². The zero-order chi connectivity index (χ0) is 17.7. The largest absolute Gasteiger partial charge is 0.434 e. The maximum Gasteiger partial charge on any atom is 0.434 e.